The van der Waals surface area contributed by atoms with Gasteiger partial charge in [0.1, 0.15) is 10.8 Å². The molecule has 0 saturated heterocycles. The number of hydrogen-bond acceptors (Lipinski definition) is 4. The third-order valence-electron chi connectivity index (χ3n) is 3.88. The summed E-state index contributed by atoms with van der Waals surface area (Å²) in [5.74, 6) is 0.950. The second-order valence-electron chi connectivity index (χ2n) is 6.11. The van der Waals surface area contributed by atoms with Gasteiger partial charge in [-0.15, -0.1) is 11.3 Å². The highest BCUT2D eigenvalue weighted by molar-refractivity contribution is 7.15. The molecule has 1 N–H and O–H groups in total. The van der Waals surface area contributed by atoms with E-state index in [4.69, 9.17) is 9.40 Å². The summed E-state index contributed by atoms with van der Waals surface area (Å²) < 4.78 is 5.40. The van der Waals surface area contributed by atoms with Crippen molar-refractivity contribution in [2.45, 2.75) is 39.7 Å². The molecule has 0 bridgehead atoms. The summed E-state index contributed by atoms with van der Waals surface area (Å²) in [6.07, 6.45) is 3.97. The monoisotopic (exact) mass is 276 g/mol. The van der Waals surface area contributed by atoms with Crippen LogP contribution in [0.1, 0.15) is 42.6 Å². The Hall–Kier alpha value is -1.13. The number of thiazole rings is 1. The molecule has 0 spiro atoms. The van der Waals surface area contributed by atoms with Crippen LogP contribution in [-0.4, -0.2) is 12.0 Å². The first-order chi connectivity index (χ1) is 9.00. The van der Waals surface area contributed by atoms with Crippen LogP contribution in [-0.2, 0) is 6.42 Å². The molecule has 2 aromatic rings. The third kappa shape index (κ3) is 2.23. The van der Waals surface area contributed by atoms with E-state index in [2.05, 4.69) is 19.2 Å². The van der Waals surface area contributed by atoms with Gasteiger partial charge in [0, 0.05) is 10.9 Å². The first-order valence-corrected chi connectivity index (χ1v) is 7.53. The van der Waals surface area contributed by atoms with Crippen LogP contribution in [0.3, 0.4) is 0 Å². The number of hydrogen-bond donors (Lipinski definition) is 1. The molecule has 1 atom stereocenters. The van der Waals surface area contributed by atoms with Crippen LogP contribution in [0, 0.1) is 12.3 Å². The molecular weight excluding hydrogens is 256 g/mol. The van der Waals surface area contributed by atoms with Crippen LogP contribution in [0.2, 0.25) is 0 Å². The Balaban J connectivity index is 2.05. The summed E-state index contributed by atoms with van der Waals surface area (Å²) in [4.78, 5) is 6.27. The number of aromatic nitrogens is 1. The smallest absolute Gasteiger partial charge is 0.127 e. The lowest BCUT2D eigenvalue weighted by atomic mass is 9.76. The molecule has 1 unspecified atom stereocenters. The maximum atomic E-state index is 5.40. The van der Waals surface area contributed by atoms with E-state index in [0.717, 1.165) is 22.8 Å². The van der Waals surface area contributed by atoms with Crippen molar-refractivity contribution in [1.82, 2.24) is 10.3 Å². The fourth-order valence-corrected chi connectivity index (χ4v) is 4.15. The lowest BCUT2D eigenvalue weighted by Crippen LogP contribution is -2.30. The molecule has 3 nitrogen and oxygen atoms in total. The summed E-state index contributed by atoms with van der Waals surface area (Å²) in [7, 11) is 2.04. The number of furan rings is 1. The minimum atomic E-state index is 0.317. The molecule has 0 fully saturated rings. The highest BCUT2D eigenvalue weighted by Gasteiger charge is 2.34. The van der Waals surface area contributed by atoms with Crippen molar-refractivity contribution in [3.63, 3.8) is 0 Å². The molecule has 1 aliphatic carbocycles. The van der Waals surface area contributed by atoms with Crippen molar-refractivity contribution in [1.29, 1.82) is 0 Å². The molecule has 0 saturated carbocycles. The third-order valence-corrected chi connectivity index (χ3v) is 5.13. The number of aryl methyl sites for hydroxylation is 1. The highest BCUT2D eigenvalue weighted by Crippen LogP contribution is 2.45. The van der Waals surface area contributed by atoms with Crippen molar-refractivity contribution >= 4 is 11.3 Å². The van der Waals surface area contributed by atoms with Gasteiger partial charge >= 0.3 is 0 Å². The minimum Gasteiger partial charge on any atom is -0.469 e. The largest absolute Gasteiger partial charge is 0.469 e. The van der Waals surface area contributed by atoms with Crippen LogP contribution in [0.5, 0.6) is 0 Å². The van der Waals surface area contributed by atoms with Crippen LogP contribution in [0.25, 0.3) is 10.6 Å². The number of rotatable bonds is 2. The average Bonchev–Trinajstić information content (AvgIpc) is 2.92. The SMILES string of the molecule is CNC1CC(C)(C)Cc2nc(-c3ccoc3C)sc21. The van der Waals surface area contributed by atoms with Gasteiger partial charge in [0.15, 0.2) is 0 Å². The number of fused-ring (bicyclic) bond motifs is 1. The fraction of sp³-hybridized carbons (Fsp3) is 0.533. The molecular formula is C15H20N2OS. The van der Waals surface area contributed by atoms with E-state index in [1.54, 1.807) is 6.26 Å². The van der Waals surface area contributed by atoms with Crippen LogP contribution in [0.15, 0.2) is 16.7 Å². The molecule has 0 aromatic carbocycles. The molecule has 0 aliphatic heterocycles. The average molecular weight is 276 g/mol. The van der Waals surface area contributed by atoms with E-state index in [1.165, 1.54) is 17.0 Å². The van der Waals surface area contributed by atoms with Crippen LogP contribution < -0.4 is 5.32 Å². The molecule has 0 amide bonds. The van der Waals surface area contributed by atoms with Gasteiger partial charge in [-0.2, -0.15) is 0 Å². The zero-order valence-electron chi connectivity index (χ0n) is 11.9. The Labute approximate surface area is 118 Å². The molecule has 2 heterocycles. The predicted octanol–water partition coefficient (Wildman–Crippen LogP) is 3.94. The van der Waals surface area contributed by atoms with Crippen molar-refractivity contribution < 1.29 is 4.42 Å². The lowest BCUT2D eigenvalue weighted by Gasteiger charge is -2.34. The van der Waals surface area contributed by atoms with Crippen LogP contribution >= 0.6 is 11.3 Å². The summed E-state index contributed by atoms with van der Waals surface area (Å²) in [6.45, 7) is 6.64. The maximum absolute atomic E-state index is 5.40. The van der Waals surface area contributed by atoms with Gasteiger partial charge in [0.2, 0.25) is 0 Å². The topological polar surface area (TPSA) is 38.1 Å². The van der Waals surface area contributed by atoms with Crippen molar-refractivity contribution in [3.8, 4) is 10.6 Å². The first-order valence-electron chi connectivity index (χ1n) is 6.71. The van der Waals surface area contributed by atoms with Crippen molar-refractivity contribution in [2.75, 3.05) is 7.05 Å². The Kier molecular flexibility index (Phi) is 3.02. The Bertz CT molecular complexity index is 597. The molecule has 102 valence electrons. The molecule has 3 rings (SSSR count). The molecule has 19 heavy (non-hydrogen) atoms. The molecule has 1 aliphatic rings. The lowest BCUT2D eigenvalue weighted by molar-refractivity contribution is 0.265. The van der Waals surface area contributed by atoms with E-state index in [9.17, 15) is 0 Å². The standard InChI is InChI=1S/C15H20N2OS/c1-9-10(5-6-18-9)14-17-12-8-15(2,3)7-11(16-4)13(12)19-14/h5-6,11,16H,7-8H2,1-4H3. The second kappa shape index (κ2) is 4.46. The summed E-state index contributed by atoms with van der Waals surface area (Å²) in [5, 5.41) is 4.53. The van der Waals surface area contributed by atoms with Gasteiger partial charge in [-0.1, -0.05) is 13.8 Å². The van der Waals surface area contributed by atoms with Crippen molar-refractivity contribution in [3.05, 3.63) is 28.7 Å². The van der Waals surface area contributed by atoms with Gasteiger partial charge in [0.05, 0.1) is 17.5 Å². The van der Waals surface area contributed by atoms with E-state index >= 15 is 0 Å². The zero-order valence-corrected chi connectivity index (χ0v) is 12.7. The van der Waals surface area contributed by atoms with Gasteiger partial charge in [-0.25, -0.2) is 4.98 Å². The highest BCUT2D eigenvalue weighted by atomic mass is 32.1. The first kappa shape index (κ1) is 12.9. The summed E-state index contributed by atoms with van der Waals surface area (Å²) in [6, 6.07) is 2.44. The molecule has 4 heteroatoms. The predicted molar refractivity (Wildman–Crippen MR) is 78.5 cm³/mol. The van der Waals surface area contributed by atoms with E-state index in [0.29, 0.717) is 11.5 Å². The van der Waals surface area contributed by atoms with Crippen molar-refractivity contribution in [2.24, 2.45) is 5.41 Å². The fourth-order valence-electron chi connectivity index (χ4n) is 2.89. The number of nitrogens with zero attached hydrogens (tertiary/aromatic N) is 1. The van der Waals surface area contributed by atoms with E-state index in [-0.39, 0.29) is 0 Å². The van der Waals surface area contributed by atoms with Crippen LogP contribution in [0.4, 0.5) is 0 Å². The van der Waals surface area contributed by atoms with E-state index < -0.39 is 0 Å². The summed E-state index contributed by atoms with van der Waals surface area (Å²) >= 11 is 1.81. The van der Waals surface area contributed by atoms with Gasteiger partial charge in [0.25, 0.3) is 0 Å². The quantitative estimate of drug-likeness (QED) is 0.902. The normalized spacial score (nSPS) is 21.4. The molecule has 2 aromatic heterocycles. The maximum Gasteiger partial charge on any atom is 0.127 e. The Morgan fingerprint density at radius 3 is 2.89 bits per heavy atom. The van der Waals surface area contributed by atoms with Gasteiger partial charge in [-0.05, 0) is 38.3 Å². The zero-order chi connectivity index (χ0) is 13.6. The second-order valence-corrected chi connectivity index (χ2v) is 7.14. The number of nitrogens with one attached hydrogen (secondary N) is 1. The van der Waals surface area contributed by atoms with E-state index in [1.807, 2.05) is 31.4 Å². The Morgan fingerprint density at radius 2 is 2.26 bits per heavy atom. The molecule has 0 radical (unpaired) electrons. The summed E-state index contributed by atoms with van der Waals surface area (Å²) in [5.41, 5.74) is 2.71. The van der Waals surface area contributed by atoms with Gasteiger partial charge in [-0.3, -0.25) is 0 Å². The minimum absolute atomic E-state index is 0.317. The Morgan fingerprint density at radius 1 is 1.47 bits per heavy atom. The van der Waals surface area contributed by atoms with Gasteiger partial charge < -0.3 is 9.73 Å².